The second-order valence-electron chi connectivity index (χ2n) is 6.29. The average molecular weight is 257 g/mol. The van der Waals surface area contributed by atoms with Gasteiger partial charge >= 0.3 is 0 Å². The van der Waals surface area contributed by atoms with E-state index in [0.717, 1.165) is 18.5 Å². The molecule has 1 N–H and O–H groups in total. The topological polar surface area (TPSA) is 23.5 Å². The molecule has 1 saturated heterocycles. The molecule has 0 spiro atoms. The van der Waals surface area contributed by atoms with Crippen molar-refractivity contribution < 1.29 is 5.11 Å². The van der Waals surface area contributed by atoms with E-state index >= 15 is 0 Å². The number of aliphatic hydroxyl groups excluding tert-OH is 1. The second kappa shape index (κ2) is 5.94. The van der Waals surface area contributed by atoms with Crippen molar-refractivity contribution in [3.05, 3.63) is 0 Å². The highest BCUT2D eigenvalue weighted by Crippen LogP contribution is 2.40. The van der Waals surface area contributed by atoms with Gasteiger partial charge in [0.2, 0.25) is 0 Å². The maximum absolute atomic E-state index is 9.82. The van der Waals surface area contributed by atoms with Crippen LogP contribution in [0.2, 0.25) is 0 Å². The summed E-state index contributed by atoms with van der Waals surface area (Å²) in [7, 11) is 2.26. The fourth-order valence-electron chi connectivity index (χ4n) is 3.63. The van der Waals surface area contributed by atoms with E-state index < -0.39 is 0 Å². The molecule has 3 heteroatoms. The zero-order valence-corrected chi connectivity index (χ0v) is 12.1. The number of aliphatic hydroxyl groups is 1. The maximum atomic E-state index is 9.82. The van der Waals surface area contributed by atoms with Crippen molar-refractivity contribution in [2.45, 2.75) is 45.1 Å². The molecule has 2 aliphatic rings. The van der Waals surface area contributed by atoms with Gasteiger partial charge in [0.25, 0.3) is 0 Å². The molecule has 17 heavy (non-hydrogen) atoms. The fraction of sp³-hybridized carbons (Fsp3) is 1.00. The van der Waals surface area contributed by atoms with Gasteiger partial charge in [0.05, 0.1) is 0 Å². The Labute approximate surface area is 110 Å². The van der Waals surface area contributed by atoms with Crippen LogP contribution in [-0.2, 0) is 0 Å². The van der Waals surface area contributed by atoms with Gasteiger partial charge in [0.1, 0.15) is 0 Å². The molecule has 1 aliphatic carbocycles. The van der Waals surface area contributed by atoms with Crippen molar-refractivity contribution in [3.63, 3.8) is 0 Å². The Morgan fingerprint density at radius 1 is 1.41 bits per heavy atom. The molecule has 2 fully saturated rings. The molecule has 0 bridgehead atoms. The Morgan fingerprint density at radius 2 is 2.24 bits per heavy atom. The molecule has 3 unspecified atom stereocenters. The van der Waals surface area contributed by atoms with E-state index in [1.807, 2.05) is 0 Å². The summed E-state index contributed by atoms with van der Waals surface area (Å²) < 4.78 is 0. The molecule has 3 atom stereocenters. The molecule has 0 radical (unpaired) electrons. The Bertz CT molecular complexity index is 242. The summed E-state index contributed by atoms with van der Waals surface area (Å²) in [6.07, 6.45) is 6.42. The van der Waals surface area contributed by atoms with Crippen molar-refractivity contribution >= 4 is 11.8 Å². The van der Waals surface area contributed by atoms with Crippen LogP contribution in [0.15, 0.2) is 0 Å². The Balaban J connectivity index is 1.93. The summed E-state index contributed by atoms with van der Waals surface area (Å²) >= 11 is 2.08. The lowest BCUT2D eigenvalue weighted by molar-refractivity contribution is 0.0225. The maximum Gasteiger partial charge on any atom is 0.0499 e. The average Bonchev–Trinajstić information content (AvgIpc) is 2.82. The van der Waals surface area contributed by atoms with E-state index in [4.69, 9.17) is 0 Å². The summed E-state index contributed by atoms with van der Waals surface area (Å²) in [5.74, 6) is 3.40. The van der Waals surface area contributed by atoms with Gasteiger partial charge in [-0.3, -0.25) is 0 Å². The van der Waals surface area contributed by atoms with Gasteiger partial charge in [0, 0.05) is 30.4 Å². The molecule has 2 nitrogen and oxygen atoms in total. The van der Waals surface area contributed by atoms with Crippen LogP contribution in [0.25, 0.3) is 0 Å². The zero-order valence-electron chi connectivity index (χ0n) is 11.3. The molecule has 2 rings (SSSR count). The third-order valence-electron chi connectivity index (χ3n) is 4.63. The van der Waals surface area contributed by atoms with Crippen LogP contribution in [-0.4, -0.2) is 47.8 Å². The highest BCUT2D eigenvalue weighted by Gasteiger charge is 2.36. The third kappa shape index (κ3) is 3.39. The van der Waals surface area contributed by atoms with Gasteiger partial charge < -0.3 is 10.0 Å². The molecule has 0 aromatic rings. The SMILES string of the molecule is CC1CCCC(CO)(CN(C)C2CCSC2)C1. The second-order valence-corrected chi connectivity index (χ2v) is 7.44. The predicted octanol–water partition coefficient (Wildman–Crippen LogP) is 2.61. The Kier molecular flexibility index (Phi) is 4.79. The number of rotatable bonds is 4. The molecule has 1 aliphatic heterocycles. The van der Waals surface area contributed by atoms with E-state index in [9.17, 15) is 5.11 Å². The number of thioether (sulfide) groups is 1. The Hall–Kier alpha value is 0.270. The van der Waals surface area contributed by atoms with Gasteiger partial charge in [-0.1, -0.05) is 19.8 Å². The van der Waals surface area contributed by atoms with Crippen LogP contribution < -0.4 is 0 Å². The molecule has 0 amide bonds. The van der Waals surface area contributed by atoms with E-state index in [1.54, 1.807) is 0 Å². The lowest BCUT2D eigenvalue weighted by atomic mass is 9.70. The van der Waals surface area contributed by atoms with Gasteiger partial charge in [0.15, 0.2) is 0 Å². The summed E-state index contributed by atoms with van der Waals surface area (Å²) in [6, 6.07) is 0.751. The summed E-state index contributed by atoms with van der Waals surface area (Å²) in [5.41, 5.74) is 0.194. The Morgan fingerprint density at radius 3 is 2.82 bits per heavy atom. The number of hydrogen-bond donors (Lipinski definition) is 1. The van der Waals surface area contributed by atoms with E-state index in [-0.39, 0.29) is 5.41 Å². The number of hydrogen-bond acceptors (Lipinski definition) is 3. The highest BCUT2D eigenvalue weighted by molar-refractivity contribution is 7.99. The summed E-state index contributed by atoms with van der Waals surface area (Å²) in [6.45, 7) is 3.82. The number of nitrogens with zero attached hydrogens (tertiary/aromatic N) is 1. The quantitative estimate of drug-likeness (QED) is 0.837. The minimum absolute atomic E-state index is 0.194. The third-order valence-corrected chi connectivity index (χ3v) is 5.78. The monoisotopic (exact) mass is 257 g/mol. The highest BCUT2D eigenvalue weighted by atomic mass is 32.2. The van der Waals surface area contributed by atoms with Crippen molar-refractivity contribution in [3.8, 4) is 0 Å². The van der Waals surface area contributed by atoms with Crippen molar-refractivity contribution in [2.75, 3.05) is 31.7 Å². The first-order chi connectivity index (χ1) is 8.15. The first-order valence-electron chi connectivity index (χ1n) is 7.04. The molecule has 0 aromatic carbocycles. The van der Waals surface area contributed by atoms with E-state index in [1.165, 1.54) is 43.6 Å². The molecule has 1 saturated carbocycles. The van der Waals surface area contributed by atoms with Gasteiger partial charge in [-0.2, -0.15) is 11.8 Å². The van der Waals surface area contributed by atoms with Crippen molar-refractivity contribution in [1.29, 1.82) is 0 Å². The summed E-state index contributed by atoms with van der Waals surface area (Å²) in [5, 5.41) is 9.82. The van der Waals surface area contributed by atoms with Crippen LogP contribution >= 0.6 is 11.8 Å². The van der Waals surface area contributed by atoms with Crippen molar-refractivity contribution in [1.82, 2.24) is 4.90 Å². The first kappa shape index (κ1) is 13.7. The van der Waals surface area contributed by atoms with Crippen LogP contribution in [0.1, 0.15) is 39.0 Å². The van der Waals surface area contributed by atoms with E-state index in [2.05, 4.69) is 30.6 Å². The lowest BCUT2D eigenvalue weighted by Crippen LogP contribution is -2.45. The first-order valence-corrected chi connectivity index (χ1v) is 8.19. The van der Waals surface area contributed by atoms with Crippen LogP contribution in [0, 0.1) is 11.3 Å². The van der Waals surface area contributed by atoms with E-state index in [0.29, 0.717) is 6.61 Å². The zero-order chi connectivity index (χ0) is 12.3. The predicted molar refractivity (Wildman–Crippen MR) is 75.5 cm³/mol. The van der Waals surface area contributed by atoms with Crippen LogP contribution in [0.4, 0.5) is 0 Å². The molecular weight excluding hydrogens is 230 g/mol. The molecule has 1 heterocycles. The van der Waals surface area contributed by atoms with Crippen LogP contribution in [0.3, 0.4) is 0 Å². The minimum atomic E-state index is 0.194. The lowest BCUT2D eigenvalue weighted by Gasteiger charge is -2.42. The summed E-state index contributed by atoms with van der Waals surface area (Å²) in [4.78, 5) is 2.52. The fourth-order valence-corrected chi connectivity index (χ4v) is 4.93. The van der Waals surface area contributed by atoms with Gasteiger partial charge in [-0.05, 0) is 38.0 Å². The largest absolute Gasteiger partial charge is 0.396 e. The van der Waals surface area contributed by atoms with Crippen LogP contribution in [0.5, 0.6) is 0 Å². The normalized spacial score (nSPS) is 38.8. The molecule has 100 valence electrons. The minimum Gasteiger partial charge on any atom is -0.396 e. The van der Waals surface area contributed by atoms with Gasteiger partial charge in [-0.15, -0.1) is 0 Å². The van der Waals surface area contributed by atoms with Crippen molar-refractivity contribution in [2.24, 2.45) is 11.3 Å². The van der Waals surface area contributed by atoms with Gasteiger partial charge in [-0.25, -0.2) is 0 Å². The molecular formula is C14H27NOS. The smallest absolute Gasteiger partial charge is 0.0499 e. The molecule has 0 aromatic heterocycles. The standard InChI is InChI=1S/C14H27NOS/c1-12-4-3-6-14(8-12,11-16)10-15(2)13-5-7-17-9-13/h12-13,16H,3-11H2,1-2H3.